The van der Waals surface area contributed by atoms with E-state index in [9.17, 15) is 4.79 Å². The van der Waals surface area contributed by atoms with Gasteiger partial charge in [0.25, 0.3) is 0 Å². The number of aryl methyl sites for hydroxylation is 1. The van der Waals surface area contributed by atoms with Crippen LogP contribution >= 0.6 is 23.2 Å². The first-order valence-corrected chi connectivity index (χ1v) is 36.0. The molecular weight excluding hydrogens is 1560 g/mol. The van der Waals surface area contributed by atoms with Gasteiger partial charge in [0.2, 0.25) is 0 Å². The molecule has 118 heavy (non-hydrogen) atoms. The van der Waals surface area contributed by atoms with Crippen LogP contribution in [-0.2, 0) is 51.9 Å². The van der Waals surface area contributed by atoms with Crippen LogP contribution in [0.4, 0.5) is 5.82 Å². The Labute approximate surface area is 735 Å². The fourth-order valence-electron chi connectivity index (χ4n) is 9.52. The van der Waals surface area contributed by atoms with Gasteiger partial charge in [-0.05, 0) is 178 Å². The summed E-state index contributed by atoms with van der Waals surface area (Å²) >= 11 is 11.5. The van der Waals surface area contributed by atoms with Gasteiger partial charge in [-0.2, -0.15) is 0 Å². The Hall–Kier alpha value is -11.0. The van der Waals surface area contributed by atoms with Crippen LogP contribution in [-0.4, -0.2) is 120 Å². The largest absolute Gasteiger partial charge is 1.00 e. The minimum Gasteiger partial charge on any atom is -1.00 e. The molecule has 10 aromatic carbocycles. The molecule has 0 bridgehead atoms. The molecule has 0 amide bonds. The summed E-state index contributed by atoms with van der Waals surface area (Å²) in [5.74, 6) is 11.9. The number of pyridine rings is 1. The number of aliphatic hydroxyl groups is 2. The Balaban J connectivity index is -0.00000137. The van der Waals surface area contributed by atoms with Crippen LogP contribution in [0.1, 0.15) is 101 Å². The number of aliphatic hydroxyl groups excluding tert-OH is 2. The van der Waals surface area contributed by atoms with E-state index >= 15 is 0 Å². The summed E-state index contributed by atoms with van der Waals surface area (Å²) in [7, 11) is 18.7. The summed E-state index contributed by atoms with van der Waals surface area (Å²) in [6.45, 7) is 6.47. The Morgan fingerprint density at radius 2 is 0.678 bits per heavy atom. The molecule has 0 atom stereocenters. The monoisotopic (exact) mass is 1670 g/mol. The van der Waals surface area contributed by atoms with E-state index in [4.69, 9.17) is 121 Å². The number of carbonyl (C=O) groups excluding carboxylic acids is 1. The second-order valence-corrected chi connectivity index (χ2v) is 23.6. The van der Waals surface area contributed by atoms with Crippen LogP contribution in [0.5, 0.6) is 97.7 Å². The number of aromatic nitrogens is 1. The molecule has 26 heteroatoms. The van der Waals surface area contributed by atoms with E-state index in [1.807, 2.05) is 158 Å². The third-order valence-electron chi connectivity index (χ3n) is 15.8. The standard InChI is InChI=1S/C21H21ClN2O4.C17H20O3.C16H18O4.C16H16O4.C8H9ClO.C8H10O3.C2H6.CH4O.3CH4.B.Na.H/c1-25-17-6-3-14(4-7-17)12-27-18-8-5-15(9-19(18)26-2)13-28-20-10-16(22)11-24-21(20)23;1-4-13-7-10-16(17(11-13)19-3)20-12-14-5-8-15(18-2)9-6-14;2*1-18-14-6-3-12(4-7-14)11-20-15-8-5-13(10-17)9-16(15)19-2;1-10-8-4-2-7(6-9)3-5-8;1-10-6-3-4-7(9)8(5-6)11-2;2*1-2;;;;;;/h3-11H,12-13H2,1-2H3,(H2,23,24);5-11H,4,12H2,1-3H3;3-9,17H,10-11H2,1-2H3;3-10H,11H2,1-2H3;2-5H,6H2,1H3;3-5,9H,1-2H3;1-2H3;2H,1H3;3*1H4;;;/q;;;;;;;;;;;;+1;-1/i;;;;;;1D;;;;;;;. The van der Waals surface area contributed by atoms with E-state index < -0.39 is 0 Å². The number of nitrogens with zero attached hydrogens (tertiary/aromatic N) is 1. The molecule has 0 aliphatic rings. The van der Waals surface area contributed by atoms with Gasteiger partial charge in [0, 0.05) is 46.7 Å². The maximum absolute atomic E-state index is 10.7. The molecule has 0 unspecified atom stereocenters. The average molecular weight is 1680 g/mol. The first-order valence-electron chi connectivity index (χ1n) is 35.8. The van der Waals surface area contributed by atoms with Crippen molar-refractivity contribution in [2.75, 3.05) is 91.1 Å². The number of phenols is 1. The molecule has 0 saturated heterocycles. The smallest absolute Gasteiger partial charge is 1.00 e. The number of ether oxygens (including phenoxy) is 16. The number of nitrogen functional groups attached to an aromatic ring is 1. The summed E-state index contributed by atoms with van der Waals surface area (Å²) in [5, 5.41) is 25.7. The predicted octanol–water partition coefficient (Wildman–Crippen LogP) is 17.3. The third-order valence-corrected chi connectivity index (χ3v) is 16.3. The first-order chi connectivity index (χ1) is 55.4. The minimum absolute atomic E-state index is 0. The molecule has 1 aromatic heterocycles. The van der Waals surface area contributed by atoms with E-state index in [1.165, 1.54) is 24.9 Å². The quantitative estimate of drug-likeness (QED) is 0.0185. The zero-order valence-electron chi connectivity index (χ0n) is 69.9. The van der Waals surface area contributed by atoms with Gasteiger partial charge in [-0.3, -0.25) is 4.79 Å². The normalized spacial score (nSPS) is 9.46. The summed E-state index contributed by atoms with van der Waals surface area (Å²) < 4.78 is 91.6. The summed E-state index contributed by atoms with van der Waals surface area (Å²) in [4.78, 5) is 14.7. The van der Waals surface area contributed by atoms with Crippen molar-refractivity contribution in [1.29, 1.82) is 0 Å². The average Bonchev–Trinajstić information content (AvgIpc) is 0.840. The van der Waals surface area contributed by atoms with Crippen LogP contribution in [0.3, 0.4) is 0 Å². The van der Waals surface area contributed by atoms with Crippen molar-refractivity contribution in [2.45, 2.75) is 95.0 Å². The number of phenolic OH excluding ortho intramolecular Hbond substituents is 1. The first kappa shape index (κ1) is 107. The van der Waals surface area contributed by atoms with Crippen molar-refractivity contribution in [3.05, 3.63) is 280 Å². The SMILES string of the molecule is C.C.C.CCc1ccc(OCc2ccc(OC)cc2)c(OC)c1.CO.COc1ccc(CCl)cc1.COc1ccc(COc2ccc(C=O)cc2OC)cc1.COc1ccc(COc2ccc(CO)cc2OC)cc1.COc1ccc(COc2ccc(COc3cc(Cl)cnc3N)cc2OC)cc1.COc1ccc(O)c(OC)c1.[2H]CC.[B].[H-].[Na+]. The van der Waals surface area contributed by atoms with Crippen molar-refractivity contribution in [1.82, 2.24) is 4.98 Å². The van der Waals surface area contributed by atoms with Crippen LogP contribution in [0.2, 0.25) is 5.02 Å². The van der Waals surface area contributed by atoms with Crippen LogP contribution in [0.15, 0.2) is 225 Å². The number of anilines is 1. The fourth-order valence-corrected chi connectivity index (χ4v) is 9.84. The van der Waals surface area contributed by atoms with Gasteiger partial charge in [-0.25, -0.2) is 4.98 Å². The number of rotatable bonds is 30. The Morgan fingerprint density at radius 3 is 1.01 bits per heavy atom. The van der Waals surface area contributed by atoms with Gasteiger partial charge in [-0.15, -0.1) is 11.6 Å². The molecule has 0 fully saturated rings. The molecule has 0 aliphatic carbocycles. The van der Waals surface area contributed by atoms with Gasteiger partial charge in [0.1, 0.15) is 73.8 Å². The van der Waals surface area contributed by atoms with Crippen molar-refractivity contribution in [3.63, 3.8) is 0 Å². The Bertz CT molecular complexity index is 4390. The zero-order chi connectivity index (χ0) is 83.4. The number of hydrogen-bond acceptors (Lipinski definition) is 22. The number of carbonyl (C=O) groups is 1. The fraction of sp³-hybridized carbons (Fsp3) is 0.283. The second kappa shape index (κ2) is 63.2. The molecule has 633 valence electrons. The number of halogens is 2. The van der Waals surface area contributed by atoms with E-state index in [2.05, 4.69) is 18.0 Å². The molecular formula is C92H117BCl2N2NaO20. The summed E-state index contributed by atoms with van der Waals surface area (Å²) in [6.07, 6.45) is 3.23. The molecule has 22 nitrogen and oxygen atoms in total. The molecule has 11 rings (SSSR count). The van der Waals surface area contributed by atoms with Crippen LogP contribution in [0, 0.1) is 0 Å². The van der Waals surface area contributed by atoms with Gasteiger partial charge in [0.05, 0.1) is 89.8 Å². The van der Waals surface area contributed by atoms with Gasteiger partial charge < -0.3 is 98.3 Å². The van der Waals surface area contributed by atoms with E-state index in [0.29, 0.717) is 108 Å². The zero-order valence-corrected chi connectivity index (χ0v) is 71.5. The van der Waals surface area contributed by atoms with Crippen LogP contribution < -0.4 is 111 Å². The number of aromatic hydroxyl groups is 1. The molecule has 0 saturated carbocycles. The Morgan fingerprint density at radius 1 is 0.390 bits per heavy atom. The van der Waals surface area contributed by atoms with E-state index in [0.717, 1.165) is 99.0 Å². The molecule has 3 radical (unpaired) electrons. The summed E-state index contributed by atoms with van der Waals surface area (Å²) in [6, 6.07) is 67.1. The Kier molecular flexibility index (Phi) is 57.3. The maximum atomic E-state index is 10.7. The van der Waals surface area contributed by atoms with Gasteiger partial charge in [0.15, 0.2) is 69.1 Å². The number of alkyl halides is 1. The number of benzene rings is 10. The molecule has 5 N–H and O–H groups in total. The minimum atomic E-state index is -0.0187. The summed E-state index contributed by atoms with van der Waals surface area (Å²) in [5.41, 5.74) is 14.6. The number of methoxy groups -OCH3 is 11. The second-order valence-electron chi connectivity index (χ2n) is 22.9. The van der Waals surface area contributed by atoms with Gasteiger partial charge in [-0.1, -0.05) is 133 Å². The maximum Gasteiger partial charge on any atom is 1.00 e. The number of nitrogens with two attached hydrogens (primary N) is 1. The van der Waals surface area contributed by atoms with Crippen molar-refractivity contribution < 1.29 is 128 Å². The molecule has 11 aromatic rings. The molecule has 1 heterocycles. The third kappa shape index (κ3) is 38.4. The van der Waals surface area contributed by atoms with E-state index in [1.54, 1.807) is 127 Å². The van der Waals surface area contributed by atoms with Crippen LogP contribution in [0.25, 0.3) is 0 Å². The van der Waals surface area contributed by atoms with E-state index in [-0.39, 0.29) is 79.9 Å². The van der Waals surface area contributed by atoms with Crippen molar-refractivity contribution >= 4 is 43.7 Å². The molecule has 0 aliphatic heterocycles. The van der Waals surface area contributed by atoms with Crippen molar-refractivity contribution in [2.24, 2.45) is 0 Å². The number of aldehydes is 1. The van der Waals surface area contributed by atoms with Crippen molar-refractivity contribution in [3.8, 4) is 97.7 Å². The van der Waals surface area contributed by atoms with Gasteiger partial charge >= 0.3 is 29.6 Å². The topological polar surface area (TPSA) is 264 Å². The predicted molar refractivity (Wildman–Crippen MR) is 470 cm³/mol. The number of hydrogen-bond donors (Lipinski definition) is 4. The molecule has 0 spiro atoms.